The first kappa shape index (κ1) is 20.0. The Labute approximate surface area is 175 Å². The number of carbonyl (C=O) groups is 2. The summed E-state index contributed by atoms with van der Waals surface area (Å²) in [5, 5.41) is 1.06. The number of nitrogens with zero attached hydrogens (tertiary/aromatic N) is 3. The van der Waals surface area contributed by atoms with Crippen molar-refractivity contribution in [2.45, 2.75) is 25.9 Å². The number of fused-ring (bicyclic) bond motifs is 1. The summed E-state index contributed by atoms with van der Waals surface area (Å²) in [6.07, 6.45) is 0.862. The molecule has 4 rings (SSSR count). The fourth-order valence-corrected chi connectivity index (χ4v) is 3.95. The van der Waals surface area contributed by atoms with E-state index >= 15 is 0 Å². The van der Waals surface area contributed by atoms with Crippen LogP contribution < -0.4 is 0 Å². The Hall–Kier alpha value is -3.28. The van der Waals surface area contributed by atoms with Gasteiger partial charge in [0, 0.05) is 31.9 Å². The second kappa shape index (κ2) is 8.61. The maximum absolute atomic E-state index is 13.5. The molecule has 1 fully saturated rings. The van der Waals surface area contributed by atoms with Crippen LogP contribution in [0.4, 0.5) is 4.39 Å². The smallest absolute Gasteiger partial charge is 0.227 e. The molecule has 2 aromatic carbocycles. The van der Waals surface area contributed by atoms with Crippen LogP contribution in [0.1, 0.15) is 24.1 Å². The van der Waals surface area contributed by atoms with E-state index in [4.69, 9.17) is 0 Å². The average molecular weight is 405 g/mol. The van der Waals surface area contributed by atoms with Crippen molar-refractivity contribution >= 4 is 22.7 Å². The molecule has 154 valence electrons. The summed E-state index contributed by atoms with van der Waals surface area (Å²) in [6, 6.07) is 18.1. The number of benzene rings is 2. The van der Waals surface area contributed by atoms with Gasteiger partial charge in [-0.3, -0.25) is 14.6 Å². The summed E-state index contributed by atoms with van der Waals surface area (Å²) in [5.41, 5.74) is 2.46. The first-order valence-electron chi connectivity index (χ1n) is 10.1. The lowest BCUT2D eigenvalue weighted by atomic mass is 9.95. The average Bonchev–Trinajstić information content (AvgIpc) is 2.75. The summed E-state index contributed by atoms with van der Waals surface area (Å²) in [4.78, 5) is 33.3. The van der Waals surface area contributed by atoms with Crippen LogP contribution in [-0.4, -0.2) is 40.2 Å². The topological polar surface area (TPSA) is 53.5 Å². The van der Waals surface area contributed by atoms with Crippen molar-refractivity contribution in [1.82, 2.24) is 14.8 Å². The van der Waals surface area contributed by atoms with Gasteiger partial charge in [0.25, 0.3) is 0 Å². The second-order valence-electron chi connectivity index (χ2n) is 7.83. The van der Waals surface area contributed by atoms with E-state index in [1.807, 2.05) is 36.4 Å². The van der Waals surface area contributed by atoms with Crippen LogP contribution in [0.2, 0.25) is 0 Å². The van der Waals surface area contributed by atoms with Gasteiger partial charge in [0.2, 0.25) is 11.8 Å². The number of aromatic nitrogens is 1. The molecule has 3 aromatic rings. The quantitative estimate of drug-likeness (QED) is 0.649. The molecule has 0 spiro atoms. The molecule has 2 amide bonds. The van der Waals surface area contributed by atoms with Gasteiger partial charge in [0.1, 0.15) is 5.82 Å². The molecule has 6 heteroatoms. The number of carbonyl (C=O) groups excluding carboxylic acids is 2. The third-order valence-corrected chi connectivity index (χ3v) is 5.54. The maximum Gasteiger partial charge on any atom is 0.227 e. The van der Waals surface area contributed by atoms with Gasteiger partial charge in [-0.05, 0) is 36.2 Å². The molecule has 30 heavy (non-hydrogen) atoms. The minimum atomic E-state index is -0.327. The van der Waals surface area contributed by atoms with Gasteiger partial charge in [-0.1, -0.05) is 36.4 Å². The van der Waals surface area contributed by atoms with E-state index in [0.717, 1.165) is 22.2 Å². The highest BCUT2D eigenvalue weighted by molar-refractivity contribution is 5.84. The molecule has 1 aliphatic heterocycles. The molecule has 2 heterocycles. The van der Waals surface area contributed by atoms with Crippen molar-refractivity contribution in [3.63, 3.8) is 0 Å². The van der Waals surface area contributed by atoms with Gasteiger partial charge in [-0.25, -0.2) is 4.39 Å². The summed E-state index contributed by atoms with van der Waals surface area (Å²) < 4.78 is 13.5. The van der Waals surface area contributed by atoms with Crippen molar-refractivity contribution in [2.24, 2.45) is 5.92 Å². The van der Waals surface area contributed by atoms with E-state index in [1.54, 1.807) is 29.0 Å². The molecular formula is C24H24FN3O2. The lowest BCUT2D eigenvalue weighted by Crippen LogP contribution is -2.45. The van der Waals surface area contributed by atoms with Crippen molar-refractivity contribution in [2.75, 3.05) is 13.6 Å². The maximum atomic E-state index is 13.5. The Morgan fingerprint density at radius 1 is 1.17 bits per heavy atom. The van der Waals surface area contributed by atoms with Crippen LogP contribution in [0.5, 0.6) is 0 Å². The monoisotopic (exact) mass is 405 g/mol. The largest absolute Gasteiger partial charge is 0.340 e. The Bertz CT molecular complexity index is 1080. The van der Waals surface area contributed by atoms with Gasteiger partial charge in [-0.15, -0.1) is 0 Å². The fourth-order valence-electron chi connectivity index (χ4n) is 3.95. The molecule has 1 saturated heterocycles. The Morgan fingerprint density at radius 2 is 2.00 bits per heavy atom. The van der Waals surface area contributed by atoms with E-state index in [9.17, 15) is 14.0 Å². The number of para-hydroxylation sites is 1. The standard InChI is InChI=1S/C24H24FN3O2/c1-27(16-21-11-9-18-6-2-3-8-22(18)26-21)24(30)19-10-12-23(29)28(15-19)14-17-5-4-7-20(25)13-17/h2-9,11,13,19H,10,12,14-16H2,1H3. The van der Waals surface area contributed by atoms with Crippen LogP contribution in [0.15, 0.2) is 60.7 Å². The highest BCUT2D eigenvalue weighted by Crippen LogP contribution is 2.22. The molecule has 0 N–H and O–H groups in total. The van der Waals surface area contributed by atoms with Crippen molar-refractivity contribution in [3.05, 3.63) is 77.7 Å². The predicted molar refractivity (Wildman–Crippen MR) is 113 cm³/mol. The minimum Gasteiger partial charge on any atom is -0.340 e. The normalized spacial score (nSPS) is 16.7. The van der Waals surface area contributed by atoms with Crippen LogP contribution in [-0.2, 0) is 22.7 Å². The van der Waals surface area contributed by atoms with E-state index in [1.165, 1.54) is 12.1 Å². The number of piperidine rings is 1. The fraction of sp³-hybridized carbons (Fsp3) is 0.292. The van der Waals surface area contributed by atoms with Crippen molar-refractivity contribution in [1.29, 1.82) is 0 Å². The highest BCUT2D eigenvalue weighted by atomic mass is 19.1. The zero-order valence-electron chi connectivity index (χ0n) is 16.9. The third kappa shape index (κ3) is 4.48. The van der Waals surface area contributed by atoms with Gasteiger partial charge in [-0.2, -0.15) is 0 Å². The summed E-state index contributed by atoms with van der Waals surface area (Å²) in [5.74, 6) is -0.585. The molecule has 0 saturated carbocycles. The molecule has 1 atom stereocenters. The van der Waals surface area contributed by atoms with Gasteiger partial charge in [0.05, 0.1) is 23.7 Å². The van der Waals surface area contributed by atoms with Crippen LogP contribution >= 0.6 is 0 Å². The number of pyridine rings is 1. The van der Waals surface area contributed by atoms with Crippen molar-refractivity contribution < 1.29 is 14.0 Å². The van der Waals surface area contributed by atoms with Gasteiger partial charge in [0.15, 0.2) is 0 Å². The lowest BCUT2D eigenvalue weighted by molar-refractivity contribution is -0.143. The number of likely N-dealkylation sites (tertiary alicyclic amines) is 1. The highest BCUT2D eigenvalue weighted by Gasteiger charge is 2.32. The molecule has 5 nitrogen and oxygen atoms in total. The van der Waals surface area contributed by atoms with Gasteiger partial charge < -0.3 is 9.80 Å². The molecule has 0 bridgehead atoms. The van der Waals surface area contributed by atoms with Crippen molar-refractivity contribution in [3.8, 4) is 0 Å². The Morgan fingerprint density at radius 3 is 2.83 bits per heavy atom. The molecule has 1 aliphatic rings. The molecule has 0 aliphatic carbocycles. The van der Waals surface area contributed by atoms with Crippen LogP contribution in [0, 0.1) is 11.7 Å². The van der Waals surface area contributed by atoms with Crippen LogP contribution in [0.25, 0.3) is 10.9 Å². The zero-order valence-corrected chi connectivity index (χ0v) is 16.9. The third-order valence-electron chi connectivity index (χ3n) is 5.54. The second-order valence-corrected chi connectivity index (χ2v) is 7.83. The van der Waals surface area contributed by atoms with E-state index < -0.39 is 0 Å². The molecule has 1 aromatic heterocycles. The number of halogens is 1. The van der Waals surface area contributed by atoms with E-state index in [-0.39, 0.29) is 23.5 Å². The number of amides is 2. The SMILES string of the molecule is CN(Cc1ccc2ccccc2n1)C(=O)C1CCC(=O)N(Cc2cccc(F)c2)C1. The van der Waals surface area contributed by atoms with Gasteiger partial charge >= 0.3 is 0 Å². The summed E-state index contributed by atoms with van der Waals surface area (Å²) >= 11 is 0. The predicted octanol–water partition coefficient (Wildman–Crippen LogP) is 3.77. The lowest BCUT2D eigenvalue weighted by Gasteiger charge is -2.34. The molecule has 1 unspecified atom stereocenters. The molecule has 0 radical (unpaired) electrons. The van der Waals surface area contributed by atoms with E-state index in [2.05, 4.69) is 4.98 Å². The number of hydrogen-bond donors (Lipinski definition) is 0. The van der Waals surface area contributed by atoms with Crippen LogP contribution in [0.3, 0.4) is 0 Å². The first-order chi connectivity index (χ1) is 14.5. The molecular weight excluding hydrogens is 381 g/mol. The minimum absolute atomic E-state index is 0.00157. The summed E-state index contributed by atoms with van der Waals surface area (Å²) in [7, 11) is 1.77. The first-order valence-corrected chi connectivity index (χ1v) is 10.1. The summed E-state index contributed by atoms with van der Waals surface area (Å²) in [6.45, 7) is 1.08. The van der Waals surface area contributed by atoms with E-state index in [0.29, 0.717) is 32.5 Å². The number of rotatable bonds is 5. The Balaban J connectivity index is 1.41. The number of hydrogen-bond acceptors (Lipinski definition) is 3. The Kier molecular flexibility index (Phi) is 5.74. The zero-order chi connectivity index (χ0) is 21.1.